The zero-order valence-electron chi connectivity index (χ0n) is 11.8. The molecule has 19 heavy (non-hydrogen) atoms. The highest BCUT2D eigenvalue weighted by molar-refractivity contribution is 7.61. The Morgan fingerprint density at radius 2 is 1.84 bits per heavy atom. The number of hydrogen-bond acceptors (Lipinski definition) is 3. The summed E-state index contributed by atoms with van der Waals surface area (Å²) in [4.78, 5) is 11.8. The predicted molar refractivity (Wildman–Crippen MR) is 77.8 cm³/mol. The van der Waals surface area contributed by atoms with Crippen LogP contribution >= 0.6 is 7.29 Å². The molecule has 0 fully saturated rings. The first-order valence-corrected chi connectivity index (χ1v) is 8.60. The summed E-state index contributed by atoms with van der Waals surface area (Å²) in [5.74, 6) is -0.369. The minimum atomic E-state index is -2.49. The second-order valence-electron chi connectivity index (χ2n) is 4.42. The Balaban J connectivity index is 2.84. The van der Waals surface area contributed by atoms with Crippen LogP contribution in [0.4, 0.5) is 0 Å². The van der Waals surface area contributed by atoms with Gasteiger partial charge < -0.3 is 9.30 Å². The van der Waals surface area contributed by atoms with Gasteiger partial charge in [-0.15, -0.1) is 0 Å². The van der Waals surface area contributed by atoms with Gasteiger partial charge in [-0.25, -0.2) is 0 Å². The molecule has 0 aromatic heterocycles. The second-order valence-corrected chi connectivity index (χ2v) is 7.72. The van der Waals surface area contributed by atoms with Gasteiger partial charge in [-0.2, -0.15) is 0 Å². The summed E-state index contributed by atoms with van der Waals surface area (Å²) in [5.41, 5.74) is 1.02. The third-order valence-electron chi connectivity index (χ3n) is 3.18. The molecule has 0 saturated heterocycles. The molecule has 0 aliphatic carbocycles. The number of methoxy groups -OCH3 is 1. The van der Waals surface area contributed by atoms with Crippen molar-refractivity contribution in [2.45, 2.75) is 26.3 Å². The number of hydrogen-bond donors (Lipinski definition) is 1. The van der Waals surface area contributed by atoms with E-state index < -0.39 is 13.3 Å². The molecule has 1 atom stereocenters. The number of carbonyl (C=O) groups excluding carboxylic acids is 1. The molecular weight excluding hydrogens is 261 g/mol. The van der Waals surface area contributed by atoms with Crippen LogP contribution in [0.15, 0.2) is 30.3 Å². The molecule has 0 heterocycles. The van der Waals surface area contributed by atoms with Crippen LogP contribution < -0.4 is 5.09 Å². The highest BCUT2D eigenvalue weighted by Crippen LogP contribution is 2.40. The van der Waals surface area contributed by atoms with Crippen molar-refractivity contribution >= 4 is 13.3 Å². The van der Waals surface area contributed by atoms with Crippen LogP contribution in [-0.2, 0) is 20.5 Å². The Morgan fingerprint density at radius 3 is 2.32 bits per heavy atom. The van der Waals surface area contributed by atoms with E-state index >= 15 is 0 Å². The van der Waals surface area contributed by atoms with Crippen molar-refractivity contribution in [3.8, 4) is 0 Å². The molecule has 4 nitrogen and oxygen atoms in total. The molecule has 0 aliphatic heterocycles. The fraction of sp³-hybridized carbons (Fsp3) is 0.500. The molecule has 1 aromatic rings. The van der Waals surface area contributed by atoms with Crippen LogP contribution in [0, 0.1) is 0 Å². The molecule has 1 aromatic carbocycles. The summed E-state index contributed by atoms with van der Waals surface area (Å²) in [6, 6.07) is 9.10. The van der Waals surface area contributed by atoms with Crippen LogP contribution in [-0.4, -0.2) is 31.4 Å². The Hall–Kier alpha value is -1.12. The summed E-state index contributed by atoms with van der Waals surface area (Å²) >= 11 is 0. The van der Waals surface area contributed by atoms with Gasteiger partial charge in [-0.05, 0) is 12.0 Å². The lowest BCUT2D eigenvalue weighted by Gasteiger charge is -2.23. The van der Waals surface area contributed by atoms with Crippen LogP contribution in [0.3, 0.4) is 0 Å². The van der Waals surface area contributed by atoms with Crippen molar-refractivity contribution in [1.29, 1.82) is 0 Å². The van der Waals surface area contributed by atoms with Gasteiger partial charge in [0.25, 0.3) is 0 Å². The molecule has 0 saturated carbocycles. The van der Waals surface area contributed by atoms with Gasteiger partial charge in [0.15, 0.2) is 0 Å². The number of carbonyl (C=O) groups is 1. The van der Waals surface area contributed by atoms with Crippen molar-refractivity contribution in [3.63, 3.8) is 0 Å². The molecule has 0 amide bonds. The standard InChI is InChI=1S/C14H22NO3P/c1-4-19(17,5-2)15-13(14(16)18-3)11-12-9-7-6-8-10-12/h6-10,13H,4-5,11H2,1-3H3,(H,15,17)/t13-/m0/s1. The van der Waals surface area contributed by atoms with Crippen molar-refractivity contribution < 1.29 is 14.1 Å². The highest BCUT2D eigenvalue weighted by Gasteiger charge is 2.27. The Morgan fingerprint density at radius 1 is 1.26 bits per heavy atom. The quantitative estimate of drug-likeness (QED) is 0.617. The maximum absolute atomic E-state index is 12.5. The molecule has 106 valence electrons. The van der Waals surface area contributed by atoms with E-state index in [-0.39, 0.29) is 5.97 Å². The van der Waals surface area contributed by atoms with Gasteiger partial charge in [0, 0.05) is 12.3 Å². The second kappa shape index (κ2) is 7.46. The largest absolute Gasteiger partial charge is 0.468 e. The maximum atomic E-state index is 12.5. The lowest BCUT2D eigenvalue weighted by atomic mass is 10.1. The minimum absolute atomic E-state index is 0.369. The molecule has 0 bridgehead atoms. The van der Waals surface area contributed by atoms with Crippen LogP contribution in [0.2, 0.25) is 0 Å². The molecule has 1 rings (SSSR count). The smallest absolute Gasteiger partial charge is 0.323 e. The van der Waals surface area contributed by atoms with Crippen LogP contribution in [0.1, 0.15) is 19.4 Å². The van der Waals surface area contributed by atoms with E-state index in [2.05, 4.69) is 5.09 Å². The molecule has 0 radical (unpaired) electrons. The first kappa shape index (κ1) is 15.9. The van der Waals surface area contributed by atoms with Crippen molar-refractivity contribution in [2.24, 2.45) is 0 Å². The Labute approximate surface area is 115 Å². The normalized spacial score (nSPS) is 13.0. The van der Waals surface area contributed by atoms with Crippen LogP contribution in [0.25, 0.3) is 0 Å². The Bertz CT molecular complexity index is 439. The fourth-order valence-corrected chi connectivity index (χ4v) is 3.44. The SMILES string of the molecule is CCP(=O)(CC)N[C@@H](Cc1ccccc1)C(=O)OC. The third-order valence-corrected chi connectivity index (χ3v) is 6.01. The molecular formula is C14H22NO3P. The zero-order chi connectivity index (χ0) is 14.3. The molecule has 5 heteroatoms. The molecule has 0 unspecified atom stereocenters. The summed E-state index contributed by atoms with van der Waals surface area (Å²) < 4.78 is 17.2. The first-order chi connectivity index (χ1) is 9.04. The fourth-order valence-electron chi connectivity index (χ4n) is 1.86. The number of rotatable bonds is 7. The zero-order valence-corrected chi connectivity index (χ0v) is 12.7. The van der Waals surface area contributed by atoms with E-state index in [1.807, 2.05) is 44.2 Å². The summed E-state index contributed by atoms with van der Waals surface area (Å²) in [7, 11) is -1.14. The number of nitrogens with one attached hydrogen (secondary N) is 1. The summed E-state index contributed by atoms with van der Waals surface area (Å²) in [6.07, 6.45) is 1.55. The van der Waals surface area contributed by atoms with Gasteiger partial charge in [0.05, 0.1) is 7.11 Å². The lowest BCUT2D eigenvalue weighted by Crippen LogP contribution is -2.38. The monoisotopic (exact) mass is 283 g/mol. The molecule has 0 aliphatic rings. The number of ether oxygens (including phenoxy) is 1. The molecule has 1 N–H and O–H groups in total. The van der Waals surface area contributed by atoms with Gasteiger partial charge >= 0.3 is 5.97 Å². The minimum Gasteiger partial charge on any atom is -0.468 e. The summed E-state index contributed by atoms with van der Waals surface area (Å²) in [5, 5.41) is 3.01. The lowest BCUT2D eigenvalue weighted by molar-refractivity contribution is -0.142. The number of benzene rings is 1. The topological polar surface area (TPSA) is 55.4 Å². The van der Waals surface area contributed by atoms with Crippen molar-refractivity contribution in [2.75, 3.05) is 19.4 Å². The van der Waals surface area contributed by atoms with Crippen LogP contribution in [0.5, 0.6) is 0 Å². The summed E-state index contributed by atoms with van der Waals surface area (Å²) in [6.45, 7) is 3.74. The van der Waals surface area contributed by atoms with Gasteiger partial charge in [0.1, 0.15) is 13.3 Å². The van der Waals surface area contributed by atoms with E-state index in [1.165, 1.54) is 7.11 Å². The van der Waals surface area contributed by atoms with E-state index in [1.54, 1.807) is 0 Å². The Kier molecular flexibility index (Phi) is 6.26. The maximum Gasteiger partial charge on any atom is 0.323 e. The van der Waals surface area contributed by atoms with Gasteiger partial charge in [0.2, 0.25) is 0 Å². The van der Waals surface area contributed by atoms with E-state index in [9.17, 15) is 9.36 Å². The number of esters is 1. The highest BCUT2D eigenvalue weighted by atomic mass is 31.2. The third kappa shape index (κ3) is 4.81. The predicted octanol–water partition coefficient (Wildman–Crippen LogP) is 2.68. The van der Waals surface area contributed by atoms with E-state index in [0.717, 1.165) is 5.56 Å². The molecule has 0 spiro atoms. The average molecular weight is 283 g/mol. The van der Waals surface area contributed by atoms with Gasteiger partial charge in [-0.1, -0.05) is 44.2 Å². The van der Waals surface area contributed by atoms with Crippen molar-refractivity contribution in [3.05, 3.63) is 35.9 Å². The average Bonchev–Trinajstić information content (AvgIpc) is 2.46. The van der Waals surface area contributed by atoms with E-state index in [0.29, 0.717) is 18.7 Å². The van der Waals surface area contributed by atoms with Crippen molar-refractivity contribution in [1.82, 2.24) is 5.09 Å². The van der Waals surface area contributed by atoms with Gasteiger partial charge in [-0.3, -0.25) is 9.88 Å². The van der Waals surface area contributed by atoms with E-state index in [4.69, 9.17) is 4.74 Å². The first-order valence-electron chi connectivity index (χ1n) is 6.52.